The molecule has 8 nitrogen and oxygen atoms in total. The van der Waals surface area contributed by atoms with E-state index >= 15 is 0 Å². The number of pyridine rings is 1. The first-order valence-corrected chi connectivity index (χ1v) is 13.5. The van der Waals surface area contributed by atoms with Crippen molar-refractivity contribution in [3.63, 3.8) is 0 Å². The van der Waals surface area contributed by atoms with Crippen molar-refractivity contribution in [3.8, 4) is 5.88 Å². The normalized spacial score (nSPS) is 20.4. The maximum absolute atomic E-state index is 14.0. The molecule has 0 aliphatic heterocycles. The van der Waals surface area contributed by atoms with Gasteiger partial charge in [-0.3, -0.25) is 4.72 Å². The Morgan fingerprint density at radius 1 is 1.00 bits per heavy atom. The molecule has 0 radical (unpaired) electrons. The van der Waals surface area contributed by atoms with Crippen molar-refractivity contribution in [3.05, 3.63) is 71.8 Å². The van der Waals surface area contributed by atoms with Gasteiger partial charge < -0.3 is 9.64 Å². The molecule has 0 spiro atoms. The highest BCUT2D eigenvalue weighted by Gasteiger charge is 2.40. The number of hydrogen-bond acceptors (Lipinski definition) is 7. The van der Waals surface area contributed by atoms with Crippen molar-refractivity contribution >= 4 is 15.8 Å². The molecular weight excluding hydrogens is 564 g/mol. The minimum atomic E-state index is -4.99. The highest BCUT2D eigenvalue weighted by molar-refractivity contribution is 7.92. The van der Waals surface area contributed by atoms with Crippen molar-refractivity contribution in [2.75, 3.05) is 18.8 Å². The molecule has 1 N–H and O–H groups in total. The van der Waals surface area contributed by atoms with Gasteiger partial charge in [0.2, 0.25) is 5.88 Å². The number of nitrogens with one attached hydrogen (secondary N) is 1. The van der Waals surface area contributed by atoms with Gasteiger partial charge in [0.15, 0.2) is 0 Å². The number of nitrogens with zero attached hydrogens (tertiary/aromatic N) is 4. The predicted octanol–water partition coefficient (Wildman–Crippen LogP) is 5.36. The summed E-state index contributed by atoms with van der Waals surface area (Å²) < 4.78 is 115. The van der Waals surface area contributed by atoms with Crippen LogP contribution in [-0.2, 0) is 22.4 Å². The van der Waals surface area contributed by atoms with E-state index in [0.29, 0.717) is 24.5 Å². The fourth-order valence-electron chi connectivity index (χ4n) is 4.64. The first-order chi connectivity index (χ1) is 18.6. The van der Waals surface area contributed by atoms with E-state index in [9.17, 15) is 34.8 Å². The van der Waals surface area contributed by atoms with Crippen LogP contribution in [0.1, 0.15) is 41.9 Å². The number of ether oxygens (including phenoxy) is 1. The van der Waals surface area contributed by atoms with Crippen molar-refractivity contribution in [1.29, 1.82) is 0 Å². The van der Waals surface area contributed by atoms with Crippen LogP contribution in [0.25, 0.3) is 0 Å². The molecule has 1 fully saturated rings. The molecule has 2 aromatic heterocycles. The number of rotatable bonds is 7. The number of benzene rings is 1. The summed E-state index contributed by atoms with van der Waals surface area (Å²) in [6.07, 6.45) is -6.27. The molecule has 1 aliphatic carbocycles. The summed E-state index contributed by atoms with van der Waals surface area (Å²) in [5.74, 6) is -1.21. The molecule has 1 saturated carbocycles. The van der Waals surface area contributed by atoms with Gasteiger partial charge >= 0.3 is 12.4 Å². The zero-order valence-electron chi connectivity index (χ0n) is 21.2. The summed E-state index contributed by atoms with van der Waals surface area (Å²) in [6.45, 7) is 0. The minimum Gasteiger partial charge on any atom is -0.472 e. The van der Waals surface area contributed by atoms with Crippen LogP contribution < -0.4 is 9.46 Å². The molecule has 3 aromatic rings. The highest BCUT2D eigenvalue weighted by Crippen LogP contribution is 2.41. The number of halogens is 6. The third-order valence-electron chi connectivity index (χ3n) is 6.63. The smallest absolute Gasteiger partial charge is 0.421 e. The van der Waals surface area contributed by atoms with Crippen LogP contribution in [0.15, 0.2) is 60.0 Å². The number of likely N-dealkylation sites (N-methyl/N-ethyl adjacent to an activating group) is 1. The molecule has 1 aromatic carbocycles. The molecular formula is C25H25F6N5O3S. The van der Waals surface area contributed by atoms with Gasteiger partial charge in [-0.1, -0.05) is 18.2 Å². The lowest BCUT2D eigenvalue weighted by molar-refractivity contribution is -0.140. The first-order valence-electron chi connectivity index (χ1n) is 12.0. The van der Waals surface area contributed by atoms with Gasteiger partial charge in [-0.25, -0.2) is 23.4 Å². The minimum absolute atomic E-state index is 0.143. The number of sulfonamides is 1. The summed E-state index contributed by atoms with van der Waals surface area (Å²) in [5, 5.41) is 0. The van der Waals surface area contributed by atoms with Gasteiger partial charge in [-0.05, 0) is 63.0 Å². The molecule has 0 unspecified atom stereocenters. The van der Waals surface area contributed by atoms with Crippen molar-refractivity contribution in [2.24, 2.45) is 0 Å². The third kappa shape index (κ3) is 6.81. The second-order valence-corrected chi connectivity index (χ2v) is 11.2. The van der Waals surface area contributed by atoms with E-state index in [1.54, 1.807) is 25.1 Å². The zero-order chi connectivity index (χ0) is 29.3. The summed E-state index contributed by atoms with van der Waals surface area (Å²) in [5.41, 5.74) is -1.66. The molecule has 0 saturated heterocycles. The summed E-state index contributed by atoms with van der Waals surface area (Å²) in [4.78, 5) is 12.0. The Bertz CT molecular complexity index is 1430. The van der Waals surface area contributed by atoms with E-state index in [1.807, 2.05) is 0 Å². The molecule has 40 heavy (non-hydrogen) atoms. The number of aromatic nitrogens is 3. The van der Waals surface area contributed by atoms with Crippen LogP contribution in [0.4, 0.5) is 32.2 Å². The van der Waals surface area contributed by atoms with Crippen LogP contribution in [-0.4, -0.2) is 54.5 Å². The first kappa shape index (κ1) is 29.5. The van der Waals surface area contributed by atoms with E-state index < -0.39 is 56.4 Å². The molecule has 216 valence electrons. The Balaban J connectivity index is 1.58. The van der Waals surface area contributed by atoms with E-state index in [0.717, 1.165) is 24.7 Å². The summed E-state index contributed by atoms with van der Waals surface area (Å²) in [7, 11) is -1.08. The summed E-state index contributed by atoms with van der Waals surface area (Å²) >= 11 is 0. The van der Waals surface area contributed by atoms with Gasteiger partial charge in [-0.15, -0.1) is 0 Å². The van der Waals surface area contributed by atoms with Crippen LogP contribution in [0.5, 0.6) is 5.88 Å². The van der Waals surface area contributed by atoms with Crippen LogP contribution in [0.2, 0.25) is 0 Å². The number of hydrogen-bond donors (Lipinski definition) is 1. The molecule has 4 rings (SSSR count). The van der Waals surface area contributed by atoms with Crippen molar-refractivity contribution < 1.29 is 39.5 Å². The maximum Gasteiger partial charge on any atom is 0.421 e. The SMILES string of the molecule is CN(C)[C@H]1C[C@@H](c2cccc(C(F)(F)F)c2)CC[C@@H]1Oc1ncc(S(=O)(=O)Nc2ccncn2)cc1C(F)(F)F. The second-order valence-electron chi connectivity index (χ2n) is 9.54. The molecule has 1 aliphatic rings. The highest BCUT2D eigenvalue weighted by atomic mass is 32.2. The quantitative estimate of drug-likeness (QED) is 0.371. The van der Waals surface area contributed by atoms with E-state index in [1.165, 1.54) is 18.3 Å². The fourth-order valence-corrected chi connectivity index (χ4v) is 5.62. The Labute approximate surface area is 226 Å². The van der Waals surface area contributed by atoms with E-state index in [2.05, 4.69) is 19.7 Å². The average Bonchev–Trinajstić information content (AvgIpc) is 2.88. The average molecular weight is 590 g/mol. The van der Waals surface area contributed by atoms with Crippen molar-refractivity contribution in [2.45, 2.75) is 54.6 Å². The molecule has 15 heteroatoms. The van der Waals surface area contributed by atoms with Gasteiger partial charge in [0.1, 0.15) is 28.7 Å². The van der Waals surface area contributed by atoms with Crippen molar-refractivity contribution in [1.82, 2.24) is 19.9 Å². The fraction of sp³-hybridized carbons (Fsp3) is 0.400. The zero-order valence-corrected chi connectivity index (χ0v) is 22.1. The maximum atomic E-state index is 14.0. The van der Waals surface area contributed by atoms with E-state index in [-0.39, 0.29) is 18.2 Å². The summed E-state index contributed by atoms with van der Waals surface area (Å²) in [6, 6.07) is 6.22. The monoisotopic (exact) mass is 589 g/mol. The Kier molecular flexibility index (Phi) is 8.26. The molecule has 0 bridgehead atoms. The van der Waals surface area contributed by atoms with Crippen LogP contribution in [0, 0.1) is 0 Å². The predicted molar refractivity (Wildman–Crippen MR) is 132 cm³/mol. The third-order valence-corrected chi connectivity index (χ3v) is 7.95. The van der Waals surface area contributed by atoms with E-state index in [4.69, 9.17) is 4.74 Å². The Morgan fingerprint density at radius 2 is 1.75 bits per heavy atom. The Hall–Kier alpha value is -3.46. The lowest BCUT2D eigenvalue weighted by atomic mass is 9.79. The largest absolute Gasteiger partial charge is 0.472 e. The standard InChI is InChI=1S/C25H25F6N5O3S/c1-36(2)20-11-16(15-4-3-5-17(10-15)24(26,27)28)6-7-21(20)39-23-19(25(29,30)31)12-18(13-33-23)40(37,38)35-22-8-9-32-14-34-22/h3-5,8-10,12-14,16,20-21H,6-7,11H2,1-2H3,(H,32,34,35)/t16-,20-,21-/m0/s1. The molecule has 2 heterocycles. The lowest BCUT2D eigenvalue weighted by Crippen LogP contribution is -2.46. The second kappa shape index (κ2) is 11.2. The van der Waals surface area contributed by atoms with Gasteiger partial charge in [-0.2, -0.15) is 26.3 Å². The number of alkyl halides is 6. The Morgan fingerprint density at radius 3 is 2.38 bits per heavy atom. The van der Waals surface area contributed by atoms with Crippen LogP contribution >= 0.6 is 0 Å². The number of anilines is 1. The lowest BCUT2D eigenvalue weighted by Gasteiger charge is -2.40. The topological polar surface area (TPSA) is 97.3 Å². The molecule has 3 atom stereocenters. The van der Waals surface area contributed by atoms with Gasteiger partial charge in [0, 0.05) is 12.2 Å². The van der Waals surface area contributed by atoms with Gasteiger partial charge in [0.05, 0.1) is 11.8 Å². The van der Waals surface area contributed by atoms with Crippen LogP contribution in [0.3, 0.4) is 0 Å². The molecule has 0 amide bonds. The van der Waals surface area contributed by atoms with Gasteiger partial charge in [0.25, 0.3) is 10.0 Å².